The van der Waals surface area contributed by atoms with Crippen molar-refractivity contribution in [2.45, 2.75) is 20.4 Å². The monoisotopic (exact) mass is 228 g/mol. The second kappa shape index (κ2) is 4.66. The van der Waals surface area contributed by atoms with E-state index in [0.29, 0.717) is 12.3 Å². The first kappa shape index (κ1) is 11.1. The van der Waals surface area contributed by atoms with E-state index in [9.17, 15) is 4.79 Å². The molecule has 2 rings (SSSR count). The van der Waals surface area contributed by atoms with Crippen LogP contribution in [0.15, 0.2) is 18.5 Å². The molecule has 0 atom stereocenters. The summed E-state index contributed by atoms with van der Waals surface area (Å²) in [6.45, 7) is 3.89. The van der Waals surface area contributed by atoms with Crippen LogP contribution in [0.3, 0.4) is 0 Å². The van der Waals surface area contributed by atoms with Gasteiger partial charge in [-0.15, -0.1) is 0 Å². The molecule has 2 aromatic heterocycles. The van der Waals surface area contributed by atoms with Crippen molar-refractivity contribution in [2.24, 2.45) is 0 Å². The van der Waals surface area contributed by atoms with Crippen molar-refractivity contribution in [3.8, 4) is 11.8 Å². The molecule has 17 heavy (non-hydrogen) atoms. The molecule has 0 fully saturated rings. The van der Waals surface area contributed by atoms with Crippen LogP contribution in [-0.2, 0) is 11.3 Å². The van der Waals surface area contributed by atoms with Crippen molar-refractivity contribution in [3.05, 3.63) is 29.8 Å². The van der Waals surface area contributed by atoms with E-state index in [4.69, 9.17) is 0 Å². The number of nitrogens with zero attached hydrogens (tertiary/aromatic N) is 3. The number of aromatic nitrogens is 3. The highest BCUT2D eigenvalue weighted by Gasteiger charge is 2.03. The van der Waals surface area contributed by atoms with Crippen LogP contribution in [0.4, 0.5) is 0 Å². The number of imidazole rings is 1. The third kappa shape index (κ3) is 2.61. The number of hydrogen-bond acceptors (Lipinski definition) is 3. The second-order valence-electron chi connectivity index (χ2n) is 3.57. The number of aryl methyl sites for hydroxylation is 1. The van der Waals surface area contributed by atoms with Gasteiger partial charge in [0.1, 0.15) is 0 Å². The first-order valence-corrected chi connectivity index (χ1v) is 5.21. The Labute approximate surface area is 98.9 Å². The SMILES string of the molecule is CC#CC(=O)NCc1cn2ccc(C)nc2n1. The lowest BCUT2D eigenvalue weighted by Gasteiger charge is -1.94. The minimum absolute atomic E-state index is 0.298. The van der Waals surface area contributed by atoms with Crippen molar-refractivity contribution in [1.82, 2.24) is 19.7 Å². The normalized spacial score (nSPS) is 9.76. The zero-order valence-electron chi connectivity index (χ0n) is 9.69. The molecule has 86 valence electrons. The van der Waals surface area contributed by atoms with Crippen molar-refractivity contribution < 1.29 is 4.79 Å². The Morgan fingerprint density at radius 2 is 2.35 bits per heavy atom. The zero-order chi connectivity index (χ0) is 12.3. The van der Waals surface area contributed by atoms with E-state index in [1.165, 1.54) is 0 Å². The molecule has 2 aromatic rings. The maximum Gasteiger partial charge on any atom is 0.296 e. The summed E-state index contributed by atoms with van der Waals surface area (Å²) in [5.74, 6) is 5.28. The fourth-order valence-electron chi connectivity index (χ4n) is 1.42. The van der Waals surface area contributed by atoms with Crippen LogP contribution in [0, 0.1) is 18.8 Å². The van der Waals surface area contributed by atoms with E-state index in [1.54, 1.807) is 6.92 Å². The summed E-state index contributed by atoms with van der Waals surface area (Å²) < 4.78 is 1.82. The lowest BCUT2D eigenvalue weighted by atomic mass is 10.4. The molecule has 0 aliphatic carbocycles. The summed E-state index contributed by atoms with van der Waals surface area (Å²) in [6, 6.07) is 1.90. The van der Waals surface area contributed by atoms with Gasteiger partial charge in [-0.05, 0) is 25.8 Å². The smallest absolute Gasteiger partial charge is 0.296 e. The molecule has 0 radical (unpaired) electrons. The average Bonchev–Trinajstić information content (AvgIpc) is 2.68. The van der Waals surface area contributed by atoms with Crippen LogP contribution >= 0.6 is 0 Å². The molecule has 5 heteroatoms. The van der Waals surface area contributed by atoms with Crippen LogP contribution < -0.4 is 5.32 Å². The molecule has 0 saturated carbocycles. The van der Waals surface area contributed by atoms with E-state index in [2.05, 4.69) is 27.1 Å². The molecule has 5 nitrogen and oxygen atoms in total. The molecule has 0 aromatic carbocycles. The van der Waals surface area contributed by atoms with Gasteiger partial charge in [0, 0.05) is 18.1 Å². The quantitative estimate of drug-likeness (QED) is 0.769. The Kier molecular flexibility index (Phi) is 3.06. The van der Waals surface area contributed by atoms with Crippen molar-refractivity contribution >= 4 is 11.7 Å². The third-order valence-electron chi connectivity index (χ3n) is 2.18. The Morgan fingerprint density at radius 1 is 1.53 bits per heavy atom. The Hall–Kier alpha value is -2.35. The summed E-state index contributed by atoms with van der Waals surface area (Å²) >= 11 is 0. The van der Waals surface area contributed by atoms with Gasteiger partial charge >= 0.3 is 0 Å². The molecule has 0 spiro atoms. The van der Waals surface area contributed by atoms with Gasteiger partial charge in [-0.25, -0.2) is 9.97 Å². The van der Waals surface area contributed by atoms with Crippen LogP contribution in [-0.4, -0.2) is 20.3 Å². The van der Waals surface area contributed by atoms with E-state index in [0.717, 1.165) is 11.4 Å². The molecule has 1 amide bonds. The largest absolute Gasteiger partial charge is 0.340 e. The van der Waals surface area contributed by atoms with Gasteiger partial charge in [-0.3, -0.25) is 9.20 Å². The van der Waals surface area contributed by atoms with E-state index >= 15 is 0 Å². The fourth-order valence-corrected chi connectivity index (χ4v) is 1.42. The molecular weight excluding hydrogens is 216 g/mol. The molecule has 1 N–H and O–H groups in total. The van der Waals surface area contributed by atoms with E-state index in [-0.39, 0.29) is 5.91 Å². The number of amides is 1. The van der Waals surface area contributed by atoms with Gasteiger partial charge in [0.15, 0.2) is 0 Å². The van der Waals surface area contributed by atoms with E-state index in [1.807, 2.05) is 29.8 Å². The molecule has 0 bridgehead atoms. The van der Waals surface area contributed by atoms with Crippen molar-refractivity contribution in [1.29, 1.82) is 0 Å². The van der Waals surface area contributed by atoms with Gasteiger partial charge < -0.3 is 5.32 Å². The molecule has 0 unspecified atom stereocenters. The summed E-state index contributed by atoms with van der Waals surface area (Å²) in [6.07, 6.45) is 3.73. The molecule has 0 aliphatic heterocycles. The van der Waals surface area contributed by atoms with E-state index < -0.39 is 0 Å². The van der Waals surface area contributed by atoms with Crippen molar-refractivity contribution in [3.63, 3.8) is 0 Å². The predicted octanol–water partition coefficient (Wildman–Crippen LogP) is 0.677. The summed E-state index contributed by atoms with van der Waals surface area (Å²) in [4.78, 5) is 19.7. The standard InChI is InChI=1S/C12H12N4O/c1-3-4-11(17)13-7-10-8-16-6-5-9(2)14-12(16)15-10/h5-6,8H,7H2,1-2H3,(H,13,17). The van der Waals surface area contributed by atoms with Gasteiger partial charge in [0.25, 0.3) is 5.91 Å². The highest BCUT2D eigenvalue weighted by Crippen LogP contribution is 2.03. The van der Waals surface area contributed by atoms with Gasteiger partial charge in [-0.2, -0.15) is 0 Å². The van der Waals surface area contributed by atoms with Gasteiger partial charge in [-0.1, -0.05) is 5.92 Å². The molecule has 0 aliphatic rings. The first-order valence-electron chi connectivity index (χ1n) is 5.21. The van der Waals surface area contributed by atoms with Crippen molar-refractivity contribution in [2.75, 3.05) is 0 Å². The topological polar surface area (TPSA) is 59.3 Å². The lowest BCUT2D eigenvalue weighted by Crippen LogP contribution is -2.20. The highest BCUT2D eigenvalue weighted by molar-refractivity contribution is 5.93. The number of nitrogens with one attached hydrogen (secondary N) is 1. The minimum atomic E-state index is -0.298. The second-order valence-corrected chi connectivity index (χ2v) is 3.57. The molecular formula is C12H12N4O. The molecule has 0 saturated heterocycles. The number of hydrogen-bond donors (Lipinski definition) is 1. The highest BCUT2D eigenvalue weighted by atomic mass is 16.1. The fraction of sp³-hybridized carbons (Fsp3) is 0.250. The van der Waals surface area contributed by atoms with Crippen LogP contribution in [0.5, 0.6) is 0 Å². The Bertz CT molecular complexity index is 618. The van der Waals surface area contributed by atoms with Gasteiger partial charge in [0.2, 0.25) is 5.78 Å². The summed E-state index contributed by atoms with van der Waals surface area (Å²) in [5.41, 5.74) is 1.67. The zero-order valence-corrected chi connectivity index (χ0v) is 9.69. The Balaban J connectivity index is 2.13. The molecule has 2 heterocycles. The third-order valence-corrected chi connectivity index (χ3v) is 2.18. The number of carbonyl (C=O) groups excluding carboxylic acids is 1. The minimum Gasteiger partial charge on any atom is -0.340 e. The first-order chi connectivity index (χ1) is 8.19. The summed E-state index contributed by atoms with van der Waals surface area (Å²) in [7, 11) is 0. The maximum absolute atomic E-state index is 11.2. The van der Waals surface area contributed by atoms with Gasteiger partial charge in [0.05, 0.1) is 12.2 Å². The van der Waals surface area contributed by atoms with Crippen LogP contribution in [0.1, 0.15) is 18.3 Å². The maximum atomic E-state index is 11.2. The average molecular weight is 228 g/mol. The van der Waals surface area contributed by atoms with Crippen LogP contribution in [0.2, 0.25) is 0 Å². The number of rotatable bonds is 2. The van der Waals surface area contributed by atoms with Crippen LogP contribution in [0.25, 0.3) is 5.78 Å². The Morgan fingerprint density at radius 3 is 3.12 bits per heavy atom. The summed E-state index contributed by atoms with van der Waals surface area (Å²) in [5, 5.41) is 2.66. The number of fused-ring (bicyclic) bond motifs is 1. The predicted molar refractivity (Wildman–Crippen MR) is 63.0 cm³/mol. The lowest BCUT2D eigenvalue weighted by molar-refractivity contribution is -0.115. The number of carbonyl (C=O) groups is 1.